The highest BCUT2D eigenvalue weighted by Gasteiger charge is 2.29. The molecule has 1 atom stereocenters. The van der Waals surface area contributed by atoms with Gasteiger partial charge in [-0.2, -0.15) is 5.10 Å². The number of rotatable bonds is 3. The number of ether oxygens (including phenoxy) is 2. The molecule has 1 aromatic heterocycles. The highest BCUT2D eigenvalue weighted by Crippen LogP contribution is 2.34. The lowest BCUT2D eigenvalue weighted by Gasteiger charge is -2.34. The fraction of sp³-hybridized carbons (Fsp3) is 0.217. The van der Waals surface area contributed by atoms with Gasteiger partial charge in [0.25, 0.3) is 0 Å². The van der Waals surface area contributed by atoms with Crippen molar-refractivity contribution in [1.29, 1.82) is 0 Å². The van der Waals surface area contributed by atoms with Gasteiger partial charge in [0.1, 0.15) is 0 Å². The van der Waals surface area contributed by atoms with Gasteiger partial charge >= 0.3 is 0 Å². The van der Waals surface area contributed by atoms with E-state index in [1.165, 1.54) is 11.1 Å². The maximum atomic E-state index is 13.0. The summed E-state index contributed by atoms with van der Waals surface area (Å²) in [5.74, 6) is 1.56. The molecule has 2 aliphatic rings. The van der Waals surface area contributed by atoms with Gasteiger partial charge in [-0.15, -0.1) is 0 Å². The first kappa shape index (κ1) is 17.6. The number of hydrogen-bond acceptors (Lipinski definition) is 4. The second-order valence-corrected chi connectivity index (χ2v) is 7.36. The van der Waals surface area contributed by atoms with E-state index in [0.29, 0.717) is 18.8 Å². The van der Waals surface area contributed by atoms with E-state index in [9.17, 15) is 4.79 Å². The lowest BCUT2D eigenvalue weighted by Crippen LogP contribution is -2.37. The topological polar surface area (TPSA) is 56.6 Å². The number of carbonyl (C=O) groups is 1. The number of benzene rings is 2. The zero-order chi connectivity index (χ0) is 19.8. The second-order valence-electron chi connectivity index (χ2n) is 7.36. The Balaban J connectivity index is 1.39. The monoisotopic (exact) mass is 387 g/mol. The number of hydrogen-bond donors (Lipinski definition) is 0. The van der Waals surface area contributed by atoms with Gasteiger partial charge in [0.15, 0.2) is 11.5 Å². The molecule has 0 saturated carbocycles. The number of nitrogens with zero attached hydrogens (tertiary/aromatic N) is 3. The van der Waals surface area contributed by atoms with Crippen LogP contribution in [0.5, 0.6) is 11.5 Å². The molecule has 5 rings (SSSR count). The SMILES string of the molecule is Cn1cc(C2CN(C(=O)/C=C/c3ccc4c(c3)OCO4)Cc3ccccc32)cn1. The maximum absolute atomic E-state index is 13.0. The minimum absolute atomic E-state index is 0.00828. The number of amides is 1. The van der Waals surface area contributed by atoms with E-state index in [1.807, 2.05) is 54.7 Å². The minimum Gasteiger partial charge on any atom is -0.454 e. The van der Waals surface area contributed by atoms with Crippen molar-refractivity contribution >= 4 is 12.0 Å². The number of fused-ring (bicyclic) bond motifs is 2. The summed E-state index contributed by atoms with van der Waals surface area (Å²) in [5.41, 5.74) is 4.47. The zero-order valence-corrected chi connectivity index (χ0v) is 16.1. The summed E-state index contributed by atoms with van der Waals surface area (Å²) < 4.78 is 12.5. The van der Waals surface area contributed by atoms with Crippen LogP contribution in [0.4, 0.5) is 0 Å². The summed E-state index contributed by atoms with van der Waals surface area (Å²) in [5, 5.41) is 4.32. The standard InChI is InChI=1S/C23H21N3O3/c1-25-12-18(11-24-25)20-14-26(13-17-4-2-3-5-19(17)20)23(27)9-7-16-6-8-21-22(10-16)29-15-28-21/h2-12,20H,13-15H2,1H3/b9-7+. The largest absolute Gasteiger partial charge is 0.454 e. The molecular weight excluding hydrogens is 366 g/mol. The molecule has 3 heterocycles. The van der Waals surface area contributed by atoms with E-state index >= 15 is 0 Å². The van der Waals surface area contributed by atoms with E-state index in [2.05, 4.69) is 23.3 Å². The molecular formula is C23H21N3O3. The van der Waals surface area contributed by atoms with Crippen molar-refractivity contribution < 1.29 is 14.3 Å². The van der Waals surface area contributed by atoms with E-state index in [1.54, 1.807) is 10.8 Å². The molecule has 146 valence electrons. The number of aromatic nitrogens is 2. The van der Waals surface area contributed by atoms with E-state index in [-0.39, 0.29) is 18.6 Å². The third-order valence-corrected chi connectivity index (χ3v) is 5.45. The summed E-state index contributed by atoms with van der Waals surface area (Å²) in [6, 6.07) is 14.0. The highest BCUT2D eigenvalue weighted by atomic mass is 16.7. The van der Waals surface area contributed by atoms with Crippen LogP contribution in [-0.4, -0.2) is 33.9 Å². The average Bonchev–Trinajstić information content (AvgIpc) is 3.39. The Morgan fingerprint density at radius 3 is 2.90 bits per heavy atom. The van der Waals surface area contributed by atoms with E-state index < -0.39 is 0 Å². The van der Waals surface area contributed by atoms with Crippen molar-refractivity contribution in [3.63, 3.8) is 0 Å². The average molecular weight is 387 g/mol. The van der Waals surface area contributed by atoms with Gasteiger partial charge in [0.05, 0.1) is 6.20 Å². The first-order valence-electron chi connectivity index (χ1n) is 9.60. The molecule has 3 aromatic rings. The fourth-order valence-electron chi connectivity index (χ4n) is 3.97. The molecule has 1 amide bonds. The Kier molecular flexibility index (Phi) is 4.31. The Morgan fingerprint density at radius 2 is 2.03 bits per heavy atom. The van der Waals surface area contributed by atoms with E-state index in [0.717, 1.165) is 16.9 Å². The molecule has 0 saturated heterocycles. The van der Waals surface area contributed by atoms with E-state index in [4.69, 9.17) is 9.47 Å². The summed E-state index contributed by atoms with van der Waals surface area (Å²) in [6.45, 7) is 1.48. The third kappa shape index (κ3) is 3.38. The van der Waals surface area contributed by atoms with Gasteiger partial charge in [-0.25, -0.2) is 0 Å². The molecule has 0 spiro atoms. The molecule has 0 N–H and O–H groups in total. The molecule has 0 fully saturated rings. The Hall–Kier alpha value is -3.54. The summed E-state index contributed by atoms with van der Waals surface area (Å²) >= 11 is 0. The summed E-state index contributed by atoms with van der Waals surface area (Å²) in [7, 11) is 1.91. The smallest absolute Gasteiger partial charge is 0.246 e. The molecule has 2 aromatic carbocycles. The normalized spacial score (nSPS) is 17.6. The summed E-state index contributed by atoms with van der Waals surface area (Å²) in [4.78, 5) is 14.9. The summed E-state index contributed by atoms with van der Waals surface area (Å²) in [6.07, 6.45) is 7.37. The van der Waals surface area contributed by atoms with Gasteiger partial charge in [-0.05, 0) is 40.5 Å². The molecule has 0 aliphatic carbocycles. The predicted molar refractivity (Wildman–Crippen MR) is 109 cm³/mol. The molecule has 0 bridgehead atoms. The van der Waals surface area contributed by atoms with Gasteiger partial charge in [-0.1, -0.05) is 30.3 Å². The molecule has 6 nitrogen and oxygen atoms in total. The van der Waals surface area contributed by atoms with Crippen LogP contribution in [0.3, 0.4) is 0 Å². The minimum atomic E-state index is -0.00828. The number of aryl methyl sites for hydroxylation is 1. The van der Waals surface area contributed by atoms with Crippen molar-refractivity contribution in [2.45, 2.75) is 12.5 Å². The van der Waals surface area contributed by atoms with Crippen LogP contribution in [0.15, 0.2) is 60.9 Å². The fourth-order valence-corrected chi connectivity index (χ4v) is 3.97. The first-order chi connectivity index (χ1) is 14.2. The van der Waals surface area contributed by atoms with Gasteiger partial charge < -0.3 is 14.4 Å². The molecule has 6 heteroatoms. The molecule has 0 radical (unpaired) electrons. The first-order valence-corrected chi connectivity index (χ1v) is 9.60. The Labute approximate surface area is 169 Å². The lowest BCUT2D eigenvalue weighted by molar-refractivity contribution is -0.127. The van der Waals surface area contributed by atoms with Crippen LogP contribution in [0.25, 0.3) is 6.08 Å². The van der Waals surface area contributed by atoms with Crippen molar-refractivity contribution in [3.05, 3.63) is 83.2 Å². The van der Waals surface area contributed by atoms with Crippen molar-refractivity contribution in [1.82, 2.24) is 14.7 Å². The highest BCUT2D eigenvalue weighted by molar-refractivity contribution is 5.92. The molecule has 1 unspecified atom stereocenters. The van der Waals surface area contributed by atoms with Gasteiger partial charge in [0.2, 0.25) is 12.7 Å². The maximum Gasteiger partial charge on any atom is 0.246 e. The van der Waals surface area contributed by atoms with Crippen LogP contribution >= 0.6 is 0 Å². The Morgan fingerprint density at radius 1 is 1.17 bits per heavy atom. The van der Waals surface area contributed by atoms with Gasteiger partial charge in [-0.3, -0.25) is 9.48 Å². The van der Waals surface area contributed by atoms with Crippen LogP contribution < -0.4 is 9.47 Å². The quantitative estimate of drug-likeness (QED) is 0.647. The predicted octanol–water partition coefficient (Wildman–Crippen LogP) is 3.34. The Bertz CT molecular complexity index is 1100. The van der Waals surface area contributed by atoms with Crippen LogP contribution in [0.2, 0.25) is 0 Å². The van der Waals surface area contributed by atoms with Crippen molar-refractivity contribution in [2.24, 2.45) is 7.05 Å². The van der Waals surface area contributed by atoms with Crippen LogP contribution in [0, 0.1) is 0 Å². The van der Waals surface area contributed by atoms with Crippen molar-refractivity contribution in [2.75, 3.05) is 13.3 Å². The second kappa shape index (κ2) is 7.13. The lowest BCUT2D eigenvalue weighted by atomic mass is 9.86. The van der Waals surface area contributed by atoms with Crippen LogP contribution in [-0.2, 0) is 18.4 Å². The number of carbonyl (C=O) groups excluding carboxylic acids is 1. The van der Waals surface area contributed by atoms with Crippen molar-refractivity contribution in [3.8, 4) is 11.5 Å². The molecule has 29 heavy (non-hydrogen) atoms. The molecule has 2 aliphatic heterocycles. The van der Waals surface area contributed by atoms with Crippen LogP contribution in [0.1, 0.15) is 28.2 Å². The zero-order valence-electron chi connectivity index (χ0n) is 16.1. The van der Waals surface area contributed by atoms with Gasteiger partial charge in [0, 0.05) is 38.3 Å². The third-order valence-electron chi connectivity index (χ3n) is 5.45.